The van der Waals surface area contributed by atoms with Crippen molar-refractivity contribution in [2.24, 2.45) is 11.3 Å². The fraction of sp³-hybridized carbons (Fsp3) is 0.800. The minimum absolute atomic E-state index is 0.0359. The molecule has 1 aliphatic rings. The minimum atomic E-state index is -1.21. The van der Waals surface area contributed by atoms with Crippen LogP contribution in [0.15, 0.2) is 0 Å². The lowest BCUT2D eigenvalue weighted by Crippen LogP contribution is -2.48. The predicted octanol–water partition coefficient (Wildman–Crippen LogP) is -0.0173. The molecule has 0 aliphatic heterocycles. The maximum atomic E-state index is 11.6. The summed E-state index contributed by atoms with van der Waals surface area (Å²) in [7, 11) is 0. The molecule has 1 saturated carbocycles. The van der Waals surface area contributed by atoms with Crippen LogP contribution in [-0.2, 0) is 9.59 Å². The smallest absolute Gasteiger partial charge is 0.328 e. The maximum absolute atomic E-state index is 11.6. The Kier molecular flexibility index (Phi) is 3.04. The third-order valence-electron chi connectivity index (χ3n) is 2.88. The Labute approximate surface area is 88.5 Å². The number of carboxylic acid groups (broad SMARTS) is 1. The molecule has 0 aromatic heterocycles. The molecule has 1 amide bonds. The van der Waals surface area contributed by atoms with E-state index in [9.17, 15) is 9.59 Å². The Morgan fingerprint density at radius 3 is 2.20 bits per heavy atom. The first-order valence-electron chi connectivity index (χ1n) is 4.97. The van der Waals surface area contributed by atoms with Gasteiger partial charge in [-0.3, -0.25) is 4.79 Å². The van der Waals surface area contributed by atoms with Crippen LogP contribution in [0.5, 0.6) is 0 Å². The van der Waals surface area contributed by atoms with Gasteiger partial charge in [0.15, 0.2) is 6.04 Å². The van der Waals surface area contributed by atoms with Crippen molar-refractivity contribution >= 4 is 11.9 Å². The van der Waals surface area contributed by atoms with Crippen molar-refractivity contribution in [2.75, 3.05) is 0 Å². The van der Waals surface area contributed by atoms with Crippen LogP contribution in [0.1, 0.15) is 27.2 Å². The van der Waals surface area contributed by atoms with Crippen molar-refractivity contribution in [3.63, 3.8) is 0 Å². The molecule has 1 aliphatic carbocycles. The van der Waals surface area contributed by atoms with Crippen molar-refractivity contribution in [3.05, 3.63) is 0 Å². The van der Waals surface area contributed by atoms with Crippen LogP contribution >= 0.6 is 0 Å². The molecule has 1 fully saturated rings. The standard InChI is InChI=1S/C10H17NO4/c1-5(12)7(9(14)15)11-8(13)6-4-10(6,2)3/h5-7,12H,4H2,1-3H3,(H,11,13)(H,14,15)/t5-,6?,7+/m1/s1. The average Bonchev–Trinajstić information content (AvgIpc) is 2.69. The first kappa shape index (κ1) is 12.0. The lowest BCUT2D eigenvalue weighted by molar-refractivity contribution is -0.145. The van der Waals surface area contributed by atoms with Crippen LogP contribution in [-0.4, -0.2) is 34.2 Å². The number of carbonyl (C=O) groups is 2. The average molecular weight is 215 g/mol. The number of nitrogens with one attached hydrogen (secondary N) is 1. The molecule has 1 rings (SSSR count). The number of amides is 1. The summed E-state index contributed by atoms with van der Waals surface area (Å²) >= 11 is 0. The quantitative estimate of drug-likeness (QED) is 0.615. The molecule has 86 valence electrons. The van der Waals surface area contributed by atoms with Crippen LogP contribution in [0.25, 0.3) is 0 Å². The van der Waals surface area contributed by atoms with Gasteiger partial charge in [-0.1, -0.05) is 13.8 Å². The summed E-state index contributed by atoms with van der Waals surface area (Å²) in [6, 6.07) is -1.21. The normalized spacial score (nSPS) is 26.5. The van der Waals surface area contributed by atoms with E-state index in [1.54, 1.807) is 0 Å². The molecule has 0 saturated heterocycles. The molecule has 15 heavy (non-hydrogen) atoms. The molecule has 0 spiro atoms. The molecule has 0 bridgehead atoms. The molecule has 0 heterocycles. The maximum Gasteiger partial charge on any atom is 0.328 e. The van der Waals surface area contributed by atoms with E-state index >= 15 is 0 Å². The Bertz CT molecular complexity index is 285. The van der Waals surface area contributed by atoms with E-state index in [1.165, 1.54) is 6.92 Å². The lowest BCUT2D eigenvalue weighted by atomic mass is 10.1. The van der Waals surface area contributed by atoms with E-state index < -0.39 is 18.1 Å². The number of carbonyl (C=O) groups excluding carboxylic acids is 1. The first-order valence-corrected chi connectivity index (χ1v) is 4.97. The van der Waals surface area contributed by atoms with Crippen LogP contribution in [0.4, 0.5) is 0 Å². The van der Waals surface area contributed by atoms with Gasteiger partial charge < -0.3 is 15.5 Å². The Morgan fingerprint density at radius 1 is 1.47 bits per heavy atom. The highest BCUT2D eigenvalue weighted by Crippen LogP contribution is 2.51. The molecular formula is C10H17NO4. The van der Waals surface area contributed by atoms with Crippen LogP contribution in [0.2, 0.25) is 0 Å². The molecule has 0 radical (unpaired) electrons. The van der Waals surface area contributed by atoms with E-state index in [-0.39, 0.29) is 17.2 Å². The highest BCUT2D eigenvalue weighted by molar-refractivity contribution is 5.87. The monoisotopic (exact) mass is 215 g/mol. The zero-order valence-electron chi connectivity index (χ0n) is 9.15. The second-order valence-corrected chi connectivity index (χ2v) is 4.81. The summed E-state index contributed by atoms with van der Waals surface area (Å²) in [5, 5.41) is 20.3. The van der Waals surface area contributed by atoms with Crippen LogP contribution < -0.4 is 5.32 Å². The molecule has 0 aromatic rings. The van der Waals surface area contributed by atoms with E-state index in [4.69, 9.17) is 10.2 Å². The third-order valence-corrected chi connectivity index (χ3v) is 2.88. The zero-order chi connectivity index (χ0) is 11.8. The first-order chi connectivity index (χ1) is 6.75. The Hall–Kier alpha value is -1.10. The lowest BCUT2D eigenvalue weighted by Gasteiger charge is -2.17. The van der Waals surface area contributed by atoms with Crippen molar-refractivity contribution in [1.82, 2.24) is 5.32 Å². The third kappa shape index (κ3) is 2.68. The second kappa shape index (κ2) is 3.81. The molecule has 1 unspecified atom stereocenters. The second-order valence-electron chi connectivity index (χ2n) is 4.81. The predicted molar refractivity (Wildman–Crippen MR) is 53.1 cm³/mol. The van der Waals surface area contributed by atoms with Crippen molar-refractivity contribution in [2.45, 2.75) is 39.3 Å². The highest BCUT2D eigenvalue weighted by Gasteiger charge is 2.51. The molecule has 5 heteroatoms. The van der Waals surface area contributed by atoms with Gasteiger partial charge in [0.2, 0.25) is 5.91 Å². The number of hydrogen-bond donors (Lipinski definition) is 3. The van der Waals surface area contributed by atoms with E-state index in [1.807, 2.05) is 13.8 Å². The summed E-state index contributed by atoms with van der Waals surface area (Å²) in [5.74, 6) is -1.62. The zero-order valence-corrected chi connectivity index (χ0v) is 9.15. The molecule has 3 atom stereocenters. The van der Waals surface area contributed by atoms with E-state index in [0.29, 0.717) is 0 Å². The highest BCUT2D eigenvalue weighted by atomic mass is 16.4. The van der Waals surface area contributed by atoms with Gasteiger partial charge in [-0.15, -0.1) is 0 Å². The van der Waals surface area contributed by atoms with Gasteiger partial charge in [0.25, 0.3) is 0 Å². The van der Waals surface area contributed by atoms with E-state index in [2.05, 4.69) is 5.32 Å². The topological polar surface area (TPSA) is 86.6 Å². The minimum Gasteiger partial charge on any atom is -0.480 e. The number of aliphatic hydroxyl groups is 1. The van der Waals surface area contributed by atoms with Gasteiger partial charge in [-0.2, -0.15) is 0 Å². The number of carboxylic acids is 1. The van der Waals surface area contributed by atoms with Gasteiger partial charge >= 0.3 is 5.97 Å². The van der Waals surface area contributed by atoms with Gasteiger partial charge in [0.05, 0.1) is 6.10 Å². The van der Waals surface area contributed by atoms with Gasteiger partial charge in [-0.25, -0.2) is 4.79 Å². The Balaban J connectivity index is 2.53. The molecule has 3 N–H and O–H groups in total. The van der Waals surface area contributed by atoms with Crippen LogP contribution in [0, 0.1) is 11.3 Å². The molecular weight excluding hydrogens is 198 g/mol. The fourth-order valence-electron chi connectivity index (χ4n) is 1.56. The number of aliphatic hydroxyl groups excluding tert-OH is 1. The van der Waals surface area contributed by atoms with Crippen LogP contribution in [0.3, 0.4) is 0 Å². The van der Waals surface area contributed by atoms with Gasteiger partial charge in [0.1, 0.15) is 0 Å². The van der Waals surface area contributed by atoms with Crippen molar-refractivity contribution in [3.8, 4) is 0 Å². The van der Waals surface area contributed by atoms with Crippen molar-refractivity contribution in [1.29, 1.82) is 0 Å². The molecule has 5 nitrogen and oxygen atoms in total. The largest absolute Gasteiger partial charge is 0.480 e. The number of rotatable bonds is 4. The SMILES string of the molecule is C[C@@H](O)[C@H](NC(=O)C1CC1(C)C)C(=O)O. The van der Waals surface area contributed by atoms with Gasteiger partial charge in [0, 0.05) is 5.92 Å². The summed E-state index contributed by atoms with van der Waals surface area (Å²) in [5.41, 5.74) is -0.0359. The fourth-order valence-corrected chi connectivity index (χ4v) is 1.56. The summed E-state index contributed by atoms with van der Waals surface area (Å²) in [6.45, 7) is 5.25. The summed E-state index contributed by atoms with van der Waals surface area (Å²) in [4.78, 5) is 22.3. The summed E-state index contributed by atoms with van der Waals surface area (Å²) in [6.07, 6.45) is -0.321. The summed E-state index contributed by atoms with van der Waals surface area (Å²) < 4.78 is 0. The number of aliphatic carboxylic acids is 1. The van der Waals surface area contributed by atoms with Crippen molar-refractivity contribution < 1.29 is 19.8 Å². The van der Waals surface area contributed by atoms with Gasteiger partial charge in [-0.05, 0) is 18.8 Å². The molecule has 0 aromatic carbocycles. The van der Waals surface area contributed by atoms with E-state index in [0.717, 1.165) is 6.42 Å². The Morgan fingerprint density at radius 2 is 1.93 bits per heavy atom. The number of hydrogen-bond acceptors (Lipinski definition) is 3.